The lowest BCUT2D eigenvalue weighted by molar-refractivity contribution is -0.292. The van der Waals surface area contributed by atoms with Gasteiger partial charge in [0.05, 0.1) is 75.9 Å². The number of carbonyl (C=O) groups is 4. The van der Waals surface area contributed by atoms with Gasteiger partial charge in [-0.15, -0.1) is 0 Å². The zero-order valence-corrected chi connectivity index (χ0v) is 87.2. The second-order valence-corrected chi connectivity index (χ2v) is 52.4. The molecule has 8 bridgehead atoms. The van der Waals surface area contributed by atoms with Crippen molar-refractivity contribution in [3.8, 4) is 0 Å². The molecule has 10 fully saturated rings. The van der Waals surface area contributed by atoms with Crippen LogP contribution >= 0.6 is 0 Å². The van der Waals surface area contributed by atoms with Crippen molar-refractivity contribution in [3.05, 3.63) is 352 Å². The second kappa shape index (κ2) is 48.3. The SMILES string of the molecule is CC(F)(F)C([O-])=NC(=O)C12CC3CC(CC(C3)C1)C2.CCNC(=O)C(F)(F)C(F)(F)C(F)(F)C(=O)C12CC3CC(CC(COC(=O)C(C)(F)F)(C3)C1)C2.O=S(=O)(c1ccc([S+](c2ccccc2)c2ccccc2)cc1)C1CCCCC1.O=S(=O)(c1ccc([S+](c2ccccc2)c2ccccc2)cc1)C1CCCCC1.c1ccc([S+](c2ccccc2)c2ccccc2)cc1.c1ccc([S+](c2ccccc2)c2ccccc2)cc1. The maximum atomic E-state index is 14.9. The fourth-order valence-corrected chi connectivity index (χ4v) is 34.9. The minimum atomic E-state index is -6.32. The highest BCUT2D eigenvalue weighted by molar-refractivity contribution is 7.98. The van der Waals surface area contributed by atoms with Gasteiger partial charge in [0, 0.05) is 37.1 Å². The van der Waals surface area contributed by atoms with Gasteiger partial charge in [-0.25, -0.2) is 35.4 Å². The predicted octanol–water partition coefficient (Wildman–Crippen LogP) is 27.9. The third kappa shape index (κ3) is 26.4. The van der Waals surface area contributed by atoms with Gasteiger partial charge < -0.3 is 15.2 Å². The van der Waals surface area contributed by atoms with E-state index in [0.717, 1.165) is 119 Å². The highest BCUT2D eigenvalue weighted by atomic mass is 32.2. The Morgan fingerprint density at radius 2 is 0.599 bits per heavy atom. The normalized spacial score (nSPS) is 21.3. The van der Waals surface area contributed by atoms with Crippen LogP contribution in [-0.2, 0) is 87.2 Å². The first-order chi connectivity index (χ1) is 70.3. The number of nitrogens with zero attached hydrogens (tertiary/aromatic N) is 1. The molecule has 0 aliphatic heterocycles. The first-order valence-corrected chi connectivity index (χ1v) is 58.2. The Kier molecular flexibility index (Phi) is 36.2. The lowest BCUT2D eigenvalue weighted by atomic mass is 9.43. The Bertz CT molecular complexity index is 5990. The van der Waals surface area contributed by atoms with Crippen LogP contribution in [0.25, 0.3) is 0 Å². The number of sulfone groups is 2. The Morgan fingerprint density at radius 1 is 0.347 bits per heavy atom. The molecule has 10 saturated carbocycles. The van der Waals surface area contributed by atoms with Crippen LogP contribution in [0.15, 0.2) is 425 Å². The monoisotopic (exact) mass is 2120 g/mol. The average Bonchev–Trinajstić information content (AvgIpc) is 0.682. The lowest BCUT2D eigenvalue weighted by Crippen LogP contribution is -2.67. The number of alkyl halides is 10. The van der Waals surface area contributed by atoms with E-state index in [1.54, 1.807) is 0 Å². The minimum Gasteiger partial charge on any atom is -0.857 e. The largest absolute Gasteiger partial charge is 0.857 e. The summed E-state index contributed by atoms with van der Waals surface area (Å²) in [5, 5.41) is 12.2. The summed E-state index contributed by atoms with van der Waals surface area (Å²) < 4.78 is 196. The molecule has 2 unspecified atom stereocenters. The zero-order chi connectivity index (χ0) is 104. The lowest BCUT2D eigenvalue weighted by Gasteiger charge is -2.61. The summed E-state index contributed by atoms with van der Waals surface area (Å²) in [6.45, 7) is 0.749. The Morgan fingerprint density at radius 3 is 0.850 bits per heavy atom. The number of halogens is 10. The van der Waals surface area contributed by atoms with Crippen LogP contribution in [0.4, 0.5) is 43.9 Å². The second-order valence-electron chi connectivity index (χ2n) is 39.8. The minimum absolute atomic E-state index is 0.0146. The van der Waals surface area contributed by atoms with Crippen LogP contribution in [0, 0.1) is 45.8 Å². The van der Waals surface area contributed by atoms with Crippen molar-refractivity contribution in [2.75, 3.05) is 13.2 Å². The smallest absolute Gasteiger partial charge is 0.393 e. The van der Waals surface area contributed by atoms with E-state index in [1.165, 1.54) is 54.3 Å². The van der Waals surface area contributed by atoms with Gasteiger partial charge in [-0.05, 0) is 309 Å². The van der Waals surface area contributed by atoms with Crippen molar-refractivity contribution in [1.29, 1.82) is 0 Å². The molecule has 12 aromatic carbocycles. The molecule has 12 nitrogen and oxygen atoms in total. The summed E-state index contributed by atoms with van der Waals surface area (Å²) in [7, 11) is -6.99. The summed E-state index contributed by atoms with van der Waals surface area (Å²) in [6.07, 6.45) is 15.2. The summed E-state index contributed by atoms with van der Waals surface area (Å²) in [6, 6.07) is 121. The number of amides is 2. The Balaban J connectivity index is 0.000000134. The number of ether oxygens (including phenoxy) is 1. The van der Waals surface area contributed by atoms with Crippen molar-refractivity contribution in [2.24, 2.45) is 50.8 Å². The van der Waals surface area contributed by atoms with E-state index in [2.05, 4.69) is 289 Å². The van der Waals surface area contributed by atoms with Gasteiger partial charge >= 0.3 is 29.7 Å². The van der Waals surface area contributed by atoms with Crippen molar-refractivity contribution in [3.63, 3.8) is 0 Å². The van der Waals surface area contributed by atoms with Gasteiger partial charge in [0.25, 0.3) is 17.7 Å². The third-order valence-electron chi connectivity index (χ3n) is 28.8. The van der Waals surface area contributed by atoms with Gasteiger partial charge in [-0.2, -0.15) is 35.1 Å². The van der Waals surface area contributed by atoms with Crippen LogP contribution in [0.3, 0.4) is 0 Å². The number of hydrogen-bond acceptors (Lipinski definition) is 10. The van der Waals surface area contributed by atoms with Gasteiger partial charge in [-0.1, -0.05) is 221 Å². The van der Waals surface area contributed by atoms with Crippen molar-refractivity contribution < 1.29 is 89.8 Å². The number of hydrogen-bond donors (Lipinski definition) is 1. The van der Waals surface area contributed by atoms with Gasteiger partial charge in [-0.3, -0.25) is 14.4 Å². The topological polar surface area (TPSA) is 193 Å². The molecule has 0 saturated heterocycles. The highest BCUT2D eigenvalue weighted by Crippen LogP contribution is 2.68. The standard InChI is InChI=1S/2C24H25O2S2.C21H25F8NO4.2C18H15S.C14H19F2NO2/c2*25-28(26,23-14-8-3-9-15-23)24-18-16-22(17-19-24)27(20-10-4-1-5-11-20)21-12-6-2-7-13-21;1-3-30-14(32)20(26,27)21(28,29)19(24,25)13(31)18-7-11-4-12(8-18)6-17(5-11,9-18)10-34-15(33)16(2,22)23;2*1-4-10-16(11-5-1)19(17-12-6-2-7-13-17)18-14-8-3-9-15-18;1-13(15,16)11(18)17-12(19)14-5-8-2-9(6-14)4-10(3-8)7-14/h2*1-2,4-7,10-13,16-19,23H,3,8-9,14-15H2;11-12H,3-10H2,1-2H3,(H,30,32);2*1-15H;8-10H,2-7H2,1H3,(H,17,18,19)/q2*+1;;2*+1;/p-1. The molecule has 28 heteroatoms. The fraction of sp³-hybridized carbons (Fsp3) is 0.353. The van der Waals surface area contributed by atoms with E-state index in [4.69, 9.17) is 0 Å². The van der Waals surface area contributed by atoms with Crippen molar-refractivity contribution in [2.45, 2.75) is 271 Å². The maximum Gasteiger partial charge on any atom is 0.393 e. The number of carbonyl (C=O) groups excluding carboxylic acids is 4. The summed E-state index contributed by atoms with van der Waals surface area (Å²) in [5.41, 5.74) is -3.92. The molecule has 10 aliphatic carbocycles. The van der Waals surface area contributed by atoms with Crippen LogP contribution in [0.2, 0.25) is 0 Å². The predicted molar refractivity (Wildman–Crippen MR) is 557 cm³/mol. The molecular weight excluding hydrogens is 2000 g/mol. The Labute approximate surface area is 867 Å². The van der Waals surface area contributed by atoms with Crippen LogP contribution in [-0.4, -0.2) is 99.6 Å². The fourth-order valence-electron chi connectivity index (χ4n) is 22.9. The quantitative estimate of drug-likeness (QED) is 0.0170. The molecule has 0 spiro atoms. The van der Waals surface area contributed by atoms with Crippen molar-refractivity contribution >= 4 is 92.7 Å². The first-order valence-electron chi connectivity index (χ1n) is 50.2. The molecule has 22 rings (SSSR count). The number of benzene rings is 12. The van der Waals surface area contributed by atoms with E-state index < -0.39 is 126 Å². The van der Waals surface area contributed by atoms with Gasteiger partial charge in [0.2, 0.25) is 5.78 Å². The third-order valence-corrected chi connectivity index (χ3v) is 42.3. The molecule has 2 amide bonds. The molecule has 2 atom stereocenters. The molecule has 772 valence electrons. The molecule has 0 radical (unpaired) electrons. The van der Waals surface area contributed by atoms with E-state index in [-0.39, 0.29) is 79.8 Å². The molecule has 10 aliphatic rings. The number of aliphatic imine (C=N–C) groups is 1. The number of ketones is 1. The van der Waals surface area contributed by atoms with Crippen LogP contribution < -0.4 is 10.4 Å². The van der Waals surface area contributed by atoms with E-state index in [0.29, 0.717) is 47.8 Å². The molecule has 0 heterocycles. The first kappa shape index (κ1) is 110. The van der Waals surface area contributed by atoms with Crippen molar-refractivity contribution in [1.82, 2.24) is 5.32 Å². The van der Waals surface area contributed by atoms with Gasteiger partial charge in [0.15, 0.2) is 78.4 Å². The Hall–Kier alpha value is -11.0. The molecular formula is C119H123F10N2O10S6+3. The summed E-state index contributed by atoms with van der Waals surface area (Å²) >= 11 is 0. The zero-order valence-electron chi connectivity index (χ0n) is 82.3. The molecule has 0 aromatic heterocycles. The summed E-state index contributed by atoms with van der Waals surface area (Å²) in [4.78, 5) is 67.6. The number of Topliss-reactive ketones (excluding diaryl/α,β-unsaturated/α-hetero) is 1. The molecule has 147 heavy (non-hydrogen) atoms. The molecule has 12 aromatic rings. The maximum absolute atomic E-state index is 14.9. The van der Waals surface area contributed by atoms with Crippen LogP contribution in [0.5, 0.6) is 0 Å². The molecule has 1 N–H and O–H groups in total. The van der Waals surface area contributed by atoms with Gasteiger partial charge in [0.1, 0.15) is 0 Å². The number of rotatable bonds is 27. The van der Waals surface area contributed by atoms with E-state index >= 15 is 0 Å². The van der Waals surface area contributed by atoms with E-state index in [1.807, 2.05) is 72.8 Å². The number of esters is 1. The highest BCUT2D eigenvalue weighted by Gasteiger charge is 2.80. The average molecular weight is 2120 g/mol. The summed E-state index contributed by atoms with van der Waals surface area (Å²) in [5.74, 6) is -33.8. The van der Waals surface area contributed by atoms with Crippen LogP contribution in [0.1, 0.15) is 162 Å². The number of nitrogens with one attached hydrogen (secondary N) is 1. The van der Waals surface area contributed by atoms with E-state index in [9.17, 15) is 85.0 Å².